The number of hydrogen-bond acceptors (Lipinski definition) is 4. The molecule has 0 saturated carbocycles. The van der Waals surface area contributed by atoms with Crippen LogP contribution in [0.4, 0.5) is 10.1 Å². The Morgan fingerprint density at radius 1 is 1.26 bits per heavy atom. The van der Waals surface area contributed by atoms with Gasteiger partial charge in [0.15, 0.2) is 5.89 Å². The van der Waals surface area contributed by atoms with Gasteiger partial charge in [-0.25, -0.2) is 9.37 Å². The SMILES string of the molecule is CCc1nc(C)c(C(=O)N2CC[C@]3(C(=O)Nc4ccccc43)[C@@H]2c2ccc(F)cc2)o1. The summed E-state index contributed by atoms with van der Waals surface area (Å²) < 4.78 is 19.4. The topological polar surface area (TPSA) is 75.4 Å². The van der Waals surface area contributed by atoms with Crippen molar-refractivity contribution < 1.29 is 18.4 Å². The number of oxazole rings is 1. The van der Waals surface area contributed by atoms with Crippen LogP contribution in [-0.4, -0.2) is 28.2 Å². The van der Waals surface area contributed by atoms with Gasteiger partial charge in [-0.3, -0.25) is 9.59 Å². The molecule has 1 spiro atoms. The second-order valence-electron chi connectivity index (χ2n) is 8.05. The van der Waals surface area contributed by atoms with Crippen molar-refractivity contribution in [2.45, 2.75) is 38.1 Å². The zero-order chi connectivity index (χ0) is 21.8. The van der Waals surface area contributed by atoms with Crippen LogP contribution < -0.4 is 5.32 Å². The summed E-state index contributed by atoms with van der Waals surface area (Å²) in [6.07, 6.45) is 1.03. The summed E-state index contributed by atoms with van der Waals surface area (Å²) in [6.45, 7) is 4.02. The smallest absolute Gasteiger partial charge is 0.292 e. The molecule has 0 bridgehead atoms. The zero-order valence-electron chi connectivity index (χ0n) is 17.3. The molecule has 2 aromatic carbocycles. The average molecular weight is 419 g/mol. The predicted octanol–water partition coefficient (Wildman–Crippen LogP) is 4.16. The first-order valence-electron chi connectivity index (χ1n) is 10.4. The lowest BCUT2D eigenvalue weighted by Crippen LogP contribution is -2.42. The van der Waals surface area contributed by atoms with Crippen molar-refractivity contribution in [3.8, 4) is 0 Å². The van der Waals surface area contributed by atoms with E-state index in [0.29, 0.717) is 36.5 Å². The van der Waals surface area contributed by atoms with Crippen molar-refractivity contribution in [1.82, 2.24) is 9.88 Å². The predicted molar refractivity (Wildman–Crippen MR) is 112 cm³/mol. The number of aryl methyl sites for hydroxylation is 2. The van der Waals surface area contributed by atoms with Gasteiger partial charge in [0.1, 0.15) is 11.2 Å². The third-order valence-electron chi connectivity index (χ3n) is 6.37. The number of benzene rings is 2. The highest BCUT2D eigenvalue weighted by Crippen LogP contribution is 2.55. The molecule has 31 heavy (non-hydrogen) atoms. The summed E-state index contributed by atoms with van der Waals surface area (Å²) in [5, 5.41) is 2.98. The molecule has 3 heterocycles. The fraction of sp³-hybridized carbons (Fsp3) is 0.292. The molecule has 0 aliphatic carbocycles. The molecule has 1 saturated heterocycles. The maximum absolute atomic E-state index is 13.7. The van der Waals surface area contributed by atoms with E-state index in [2.05, 4.69) is 10.3 Å². The average Bonchev–Trinajstić information content (AvgIpc) is 3.43. The van der Waals surface area contributed by atoms with Crippen LogP contribution in [0, 0.1) is 12.7 Å². The van der Waals surface area contributed by atoms with Crippen molar-refractivity contribution in [3.05, 3.63) is 82.8 Å². The number of rotatable bonds is 3. The van der Waals surface area contributed by atoms with Crippen LogP contribution in [0.5, 0.6) is 0 Å². The van der Waals surface area contributed by atoms with Gasteiger partial charge in [-0.2, -0.15) is 0 Å². The van der Waals surface area contributed by atoms with Gasteiger partial charge in [-0.05, 0) is 42.7 Å². The molecule has 7 heteroatoms. The fourth-order valence-corrected chi connectivity index (χ4v) is 4.95. The second-order valence-corrected chi connectivity index (χ2v) is 8.05. The van der Waals surface area contributed by atoms with Crippen molar-refractivity contribution in [2.24, 2.45) is 0 Å². The number of fused-ring (bicyclic) bond motifs is 2. The van der Waals surface area contributed by atoms with E-state index in [0.717, 1.165) is 11.3 Å². The standard InChI is InChI=1S/C24H22FN3O3/c1-3-19-26-14(2)20(31-19)22(29)28-13-12-24(21(28)15-8-10-16(25)11-9-15)17-6-4-5-7-18(17)27-23(24)30/h4-11,21H,3,12-13H2,1-2H3,(H,27,30)/t21-,24+/m0/s1. The van der Waals surface area contributed by atoms with Gasteiger partial charge in [-0.15, -0.1) is 0 Å². The number of carbonyl (C=O) groups is 2. The Morgan fingerprint density at radius 3 is 2.71 bits per heavy atom. The van der Waals surface area contributed by atoms with Crippen LogP contribution >= 0.6 is 0 Å². The molecule has 2 amide bonds. The van der Waals surface area contributed by atoms with E-state index in [1.807, 2.05) is 31.2 Å². The fourth-order valence-electron chi connectivity index (χ4n) is 4.95. The van der Waals surface area contributed by atoms with Crippen molar-refractivity contribution in [2.75, 3.05) is 11.9 Å². The van der Waals surface area contributed by atoms with Gasteiger partial charge in [0.25, 0.3) is 5.91 Å². The van der Waals surface area contributed by atoms with Crippen molar-refractivity contribution in [3.63, 3.8) is 0 Å². The Hall–Kier alpha value is -3.48. The number of nitrogens with zero attached hydrogens (tertiary/aromatic N) is 2. The monoisotopic (exact) mass is 419 g/mol. The number of hydrogen-bond donors (Lipinski definition) is 1. The molecule has 2 atom stereocenters. The zero-order valence-corrected chi connectivity index (χ0v) is 17.3. The van der Waals surface area contributed by atoms with E-state index in [4.69, 9.17) is 4.42 Å². The summed E-state index contributed by atoms with van der Waals surface area (Å²) in [5.74, 6) is -0.150. The molecule has 158 valence electrons. The number of amides is 2. The summed E-state index contributed by atoms with van der Waals surface area (Å²) in [5.41, 5.74) is 1.88. The van der Waals surface area contributed by atoms with Crippen LogP contribution in [-0.2, 0) is 16.6 Å². The Morgan fingerprint density at radius 2 is 2.00 bits per heavy atom. The number of halogens is 1. The van der Waals surface area contributed by atoms with Crippen LogP contribution in [0.3, 0.4) is 0 Å². The Balaban J connectivity index is 1.66. The largest absolute Gasteiger partial charge is 0.435 e. The molecule has 0 radical (unpaired) electrons. The van der Waals surface area contributed by atoms with Crippen molar-refractivity contribution in [1.29, 1.82) is 0 Å². The Kier molecular flexibility index (Phi) is 4.43. The minimum absolute atomic E-state index is 0.151. The van der Waals surface area contributed by atoms with E-state index in [1.165, 1.54) is 12.1 Å². The third kappa shape index (κ3) is 2.80. The van der Waals surface area contributed by atoms with E-state index in [9.17, 15) is 14.0 Å². The summed E-state index contributed by atoms with van der Waals surface area (Å²) in [6, 6.07) is 13.0. The molecule has 1 N–H and O–H groups in total. The Labute approximate surface area is 179 Å². The van der Waals surface area contributed by atoms with Crippen LogP contribution in [0.25, 0.3) is 0 Å². The normalized spacial score (nSPS) is 22.1. The molecule has 0 unspecified atom stereocenters. The highest BCUT2D eigenvalue weighted by Gasteiger charge is 2.59. The number of anilines is 1. The number of likely N-dealkylation sites (tertiary alicyclic amines) is 1. The van der Waals surface area contributed by atoms with E-state index < -0.39 is 11.5 Å². The molecular weight excluding hydrogens is 397 g/mol. The lowest BCUT2D eigenvalue weighted by Gasteiger charge is -2.34. The molecule has 6 nitrogen and oxygen atoms in total. The first kappa shape index (κ1) is 19.5. The van der Waals surface area contributed by atoms with Gasteiger partial charge in [0.2, 0.25) is 11.7 Å². The summed E-state index contributed by atoms with van der Waals surface area (Å²) in [7, 11) is 0. The Bertz CT molecular complexity index is 1190. The van der Waals surface area contributed by atoms with Gasteiger partial charge in [0, 0.05) is 18.7 Å². The van der Waals surface area contributed by atoms with Gasteiger partial charge >= 0.3 is 0 Å². The molecule has 2 aliphatic heterocycles. The van der Waals surface area contributed by atoms with Gasteiger partial charge in [-0.1, -0.05) is 37.3 Å². The van der Waals surface area contributed by atoms with Gasteiger partial charge in [0.05, 0.1) is 11.7 Å². The third-order valence-corrected chi connectivity index (χ3v) is 6.37. The van der Waals surface area contributed by atoms with Crippen LogP contribution in [0.15, 0.2) is 52.9 Å². The lowest BCUT2D eigenvalue weighted by molar-refractivity contribution is -0.121. The summed E-state index contributed by atoms with van der Waals surface area (Å²) >= 11 is 0. The lowest BCUT2D eigenvalue weighted by atomic mass is 9.72. The molecule has 1 aromatic heterocycles. The number of carbonyl (C=O) groups excluding carboxylic acids is 2. The maximum Gasteiger partial charge on any atom is 0.292 e. The number of para-hydroxylation sites is 1. The summed E-state index contributed by atoms with van der Waals surface area (Å²) in [4.78, 5) is 33.0. The van der Waals surface area contributed by atoms with Gasteiger partial charge < -0.3 is 14.6 Å². The molecule has 1 fully saturated rings. The second kappa shape index (κ2) is 7.04. The van der Waals surface area contributed by atoms with E-state index in [-0.39, 0.29) is 23.4 Å². The highest BCUT2D eigenvalue weighted by molar-refractivity contribution is 6.08. The maximum atomic E-state index is 13.7. The molecule has 3 aromatic rings. The quantitative estimate of drug-likeness (QED) is 0.692. The van der Waals surface area contributed by atoms with E-state index in [1.54, 1.807) is 24.0 Å². The van der Waals surface area contributed by atoms with Crippen LogP contribution in [0.2, 0.25) is 0 Å². The van der Waals surface area contributed by atoms with Crippen LogP contribution in [0.1, 0.15) is 52.7 Å². The molecule has 5 rings (SSSR count). The molecular formula is C24H22FN3O3. The first-order chi connectivity index (χ1) is 15.0. The van der Waals surface area contributed by atoms with E-state index >= 15 is 0 Å². The number of aromatic nitrogens is 1. The van der Waals surface area contributed by atoms with Crippen molar-refractivity contribution >= 4 is 17.5 Å². The molecule has 2 aliphatic rings. The number of nitrogens with one attached hydrogen (secondary N) is 1. The minimum atomic E-state index is -0.953. The first-order valence-corrected chi connectivity index (χ1v) is 10.4. The highest BCUT2D eigenvalue weighted by atomic mass is 19.1. The minimum Gasteiger partial charge on any atom is -0.435 e.